The summed E-state index contributed by atoms with van der Waals surface area (Å²) in [4.78, 5) is 20.7. The molecule has 0 saturated heterocycles. The van der Waals surface area contributed by atoms with Gasteiger partial charge in [-0.05, 0) is 86.5 Å². The molecule has 2 aromatic heterocycles. The summed E-state index contributed by atoms with van der Waals surface area (Å²) in [6.07, 6.45) is 7.57. The molecule has 0 unspecified atom stereocenters. The molecule has 2 heterocycles. The van der Waals surface area contributed by atoms with Gasteiger partial charge in [-0.1, -0.05) is 0 Å². The van der Waals surface area contributed by atoms with Crippen LogP contribution >= 0.6 is 0 Å². The van der Waals surface area contributed by atoms with Gasteiger partial charge in [0, 0.05) is 35.5 Å². The first-order valence-corrected chi connectivity index (χ1v) is 9.24. The lowest BCUT2D eigenvalue weighted by molar-refractivity contribution is -0.117. The number of nitrogens with one attached hydrogen (secondary N) is 1. The second-order valence-electron chi connectivity index (χ2n) is 6.92. The molecule has 0 aliphatic heterocycles. The Kier molecular flexibility index (Phi) is 5.51. The van der Waals surface area contributed by atoms with Crippen LogP contribution in [0.3, 0.4) is 0 Å². The predicted octanol–water partition coefficient (Wildman–Crippen LogP) is 4.15. The number of aryl methyl sites for hydroxylation is 2. The van der Waals surface area contributed by atoms with E-state index in [-0.39, 0.29) is 11.8 Å². The minimum Gasteiger partial charge on any atom is -0.333 e. The normalized spacial score (nSPS) is 13.1. The van der Waals surface area contributed by atoms with Gasteiger partial charge in [-0.2, -0.15) is 0 Å². The molecule has 3 aromatic rings. The smallest absolute Gasteiger partial charge is 0.228 e. The molecule has 5 heteroatoms. The Morgan fingerprint density at radius 2 is 1.81 bits per heavy atom. The van der Waals surface area contributed by atoms with Crippen LogP contribution in [0.4, 0.5) is 5.82 Å². The Labute approximate surface area is 160 Å². The van der Waals surface area contributed by atoms with Gasteiger partial charge in [0.1, 0.15) is 5.82 Å². The average Bonchev–Trinajstić information content (AvgIpc) is 3.52. The molecule has 1 amide bonds. The number of carbonyl (C=O) groups is 1. The number of pyridine rings is 2. The topological polar surface area (TPSA) is 80.9 Å². The third kappa shape index (κ3) is 3.83. The summed E-state index contributed by atoms with van der Waals surface area (Å²) in [5.41, 5.74) is 10.5. The molecule has 4 rings (SSSR count). The number of hydrogen-bond acceptors (Lipinski definition) is 4. The van der Waals surface area contributed by atoms with Crippen molar-refractivity contribution in [2.45, 2.75) is 33.6 Å². The molecule has 0 radical (unpaired) electrons. The Morgan fingerprint density at radius 1 is 1.07 bits per heavy atom. The van der Waals surface area contributed by atoms with Gasteiger partial charge in [-0.3, -0.25) is 9.78 Å². The summed E-state index contributed by atoms with van der Waals surface area (Å²) in [6, 6.07) is 6.18. The van der Waals surface area contributed by atoms with Crippen molar-refractivity contribution in [3.63, 3.8) is 0 Å². The number of amides is 1. The highest BCUT2D eigenvalue weighted by atomic mass is 16.2. The van der Waals surface area contributed by atoms with E-state index in [0.717, 1.165) is 29.2 Å². The maximum atomic E-state index is 12.0. The zero-order valence-electron chi connectivity index (χ0n) is 16.3. The first-order valence-electron chi connectivity index (χ1n) is 9.24. The molecule has 27 heavy (non-hydrogen) atoms. The summed E-state index contributed by atoms with van der Waals surface area (Å²) < 4.78 is 0. The summed E-state index contributed by atoms with van der Waals surface area (Å²) >= 11 is 0. The van der Waals surface area contributed by atoms with E-state index in [2.05, 4.69) is 47.9 Å². The fourth-order valence-electron chi connectivity index (χ4n) is 3.24. The lowest BCUT2D eigenvalue weighted by Gasteiger charge is -2.15. The summed E-state index contributed by atoms with van der Waals surface area (Å²) in [5.74, 6) is 0.881. The lowest BCUT2D eigenvalue weighted by atomic mass is 9.92. The molecule has 1 aliphatic carbocycles. The molecule has 140 valence electrons. The van der Waals surface area contributed by atoms with Crippen LogP contribution in [0.1, 0.15) is 29.5 Å². The van der Waals surface area contributed by atoms with Gasteiger partial charge in [-0.25, -0.2) is 4.98 Å². The number of rotatable bonds is 3. The van der Waals surface area contributed by atoms with E-state index >= 15 is 0 Å². The Balaban J connectivity index is 0.00000102. The molecular weight excluding hydrogens is 336 g/mol. The summed E-state index contributed by atoms with van der Waals surface area (Å²) in [7, 11) is 1.50. The van der Waals surface area contributed by atoms with Gasteiger partial charge in [0.2, 0.25) is 5.91 Å². The van der Waals surface area contributed by atoms with Crippen molar-refractivity contribution in [1.29, 1.82) is 0 Å². The number of fused-ring (bicyclic) bond motifs is 1. The van der Waals surface area contributed by atoms with Gasteiger partial charge < -0.3 is 11.1 Å². The van der Waals surface area contributed by atoms with Gasteiger partial charge in [0.25, 0.3) is 0 Å². The van der Waals surface area contributed by atoms with Crippen LogP contribution in [-0.2, 0) is 4.79 Å². The number of aromatic nitrogens is 2. The molecule has 3 N–H and O–H groups in total. The van der Waals surface area contributed by atoms with E-state index in [1.165, 1.54) is 29.3 Å². The molecule has 1 aliphatic rings. The quantitative estimate of drug-likeness (QED) is 0.733. The number of nitrogens with zero attached hydrogens (tertiary/aromatic N) is 2. The van der Waals surface area contributed by atoms with Crippen LogP contribution < -0.4 is 11.1 Å². The van der Waals surface area contributed by atoms with E-state index in [1.54, 1.807) is 0 Å². The van der Waals surface area contributed by atoms with Gasteiger partial charge >= 0.3 is 0 Å². The van der Waals surface area contributed by atoms with E-state index in [0.29, 0.717) is 5.82 Å². The zero-order chi connectivity index (χ0) is 19.6. The third-order valence-electron chi connectivity index (χ3n) is 5.13. The van der Waals surface area contributed by atoms with E-state index in [1.807, 2.05) is 30.7 Å². The van der Waals surface area contributed by atoms with Gasteiger partial charge in [0.05, 0.1) is 0 Å². The van der Waals surface area contributed by atoms with Crippen molar-refractivity contribution in [3.05, 3.63) is 53.5 Å². The maximum absolute atomic E-state index is 12.0. The van der Waals surface area contributed by atoms with Crippen LogP contribution in [0.25, 0.3) is 21.9 Å². The van der Waals surface area contributed by atoms with Crippen molar-refractivity contribution in [2.75, 3.05) is 12.4 Å². The number of anilines is 1. The highest BCUT2D eigenvalue weighted by molar-refractivity contribution is 5.97. The number of benzene rings is 1. The Hall–Kier alpha value is -2.79. The Bertz CT molecular complexity index is 993. The van der Waals surface area contributed by atoms with Crippen LogP contribution in [0, 0.1) is 26.7 Å². The second kappa shape index (κ2) is 7.84. The van der Waals surface area contributed by atoms with Crippen LogP contribution in [0.2, 0.25) is 0 Å². The van der Waals surface area contributed by atoms with Gasteiger partial charge in [-0.15, -0.1) is 0 Å². The SMILES string of the molecule is CN.Cc1ccncc1-c1cc2cc(NC(=O)C3CC3)ncc2c(C)c1C. The number of carbonyl (C=O) groups excluding carboxylic acids is 1. The largest absolute Gasteiger partial charge is 0.333 e. The molecule has 1 fully saturated rings. The monoisotopic (exact) mass is 362 g/mol. The first-order chi connectivity index (χ1) is 13.0. The fourth-order valence-corrected chi connectivity index (χ4v) is 3.24. The minimum absolute atomic E-state index is 0.0824. The van der Waals surface area contributed by atoms with Crippen LogP contribution in [0.5, 0.6) is 0 Å². The minimum atomic E-state index is 0.0824. The van der Waals surface area contributed by atoms with E-state index in [9.17, 15) is 4.79 Å². The van der Waals surface area contributed by atoms with Crippen molar-refractivity contribution in [2.24, 2.45) is 11.7 Å². The molecule has 1 saturated carbocycles. The standard InChI is InChI=1S/C21H21N3O.CH5N/c1-12-6-7-22-10-18(12)17-8-16-9-20(24-21(25)15-4-5-15)23-11-19(16)14(3)13(17)2;1-2/h6-11,15H,4-5H2,1-3H3,(H,23,24,25);2H2,1H3. The fraction of sp³-hybridized carbons (Fsp3) is 0.318. The zero-order valence-corrected chi connectivity index (χ0v) is 16.3. The number of nitrogens with two attached hydrogens (primary N) is 1. The lowest BCUT2D eigenvalue weighted by Crippen LogP contribution is -2.14. The van der Waals surface area contributed by atoms with Crippen molar-refractivity contribution < 1.29 is 4.79 Å². The second-order valence-corrected chi connectivity index (χ2v) is 6.92. The summed E-state index contributed by atoms with van der Waals surface area (Å²) in [5, 5.41) is 5.14. The van der Waals surface area contributed by atoms with Gasteiger partial charge in [0.15, 0.2) is 0 Å². The number of hydrogen-bond donors (Lipinski definition) is 2. The van der Waals surface area contributed by atoms with Crippen molar-refractivity contribution in [3.8, 4) is 11.1 Å². The van der Waals surface area contributed by atoms with Crippen molar-refractivity contribution in [1.82, 2.24) is 9.97 Å². The molecule has 0 atom stereocenters. The molecular formula is C22H26N4O. The van der Waals surface area contributed by atoms with Crippen LogP contribution in [-0.4, -0.2) is 22.9 Å². The van der Waals surface area contributed by atoms with E-state index < -0.39 is 0 Å². The predicted molar refractivity (Wildman–Crippen MR) is 111 cm³/mol. The highest BCUT2D eigenvalue weighted by Crippen LogP contribution is 2.34. The average molecular weight is 362 g/mol. The Morgan fingerprint density at radius 3 is 2.48 bits per heavy atom. The maximum Gasteiger partial charge on any atom is 0.228 e. The highest BCUT2D eigenvalue weighted by Gasteiger charge is 2.29. The molecule has 5 nitrogen and oxygen atoms in total. The van der Waals surface area contributed by atoms with E-state index in [4.69, 9.17) is 0 Å². The molecule has 1 aromatic carbocycles. The van der Waals surface area contributed by atoms with Crippen LogP contribution in [0.15, 0.2) is 36.8 Å². The third-order valence-corrected chi connectivity index (χ3v) is 5.13. The molecule has 0 spiro atoms. The van der Waals surface area contributed by atoms with Crippen molar-refractivity contribution >= 4 is 22.5 Å². The first kappa shape index (κ1) is 19.0. The summed E-state index contributed by atoms with van der Waals surface area (Å²) in [6.45, 7) is 6.36. The molecule has 0 bridgehead atoms.